The van der Waals surface area contributed by atoms with Gasteiger partial charge in [-0.05, 0) is 23.6 Å². The molecule has 22 heavy (non-hydrogen) atoms. The van der Waals surface area contributed by atoms with Crippen LogP contribution in [0.1, 0.15) is 0 Å². The van der Waals surface area contributed by atoms with Crippen LogP contribution >= 0.6 is 22.9 Å². The van der Waals surface area contributed by atoms with Crippen LogP contribution in [0.2, 0.25) is 5.02 Å². The highest BCUT2D eigenvalue weighted by Gasteiger charge is 2.17. The van der Waals surface area contributed by atoms with Crippen molar-refractivity contribution in [1.29, 1.82) is 0 Å². The lowest BCUT2D eigenvalue weighted by molar-refractivity contribution is -0.116. The van der Waals surface area contributed by atoms with E-state index in [1.807, 2.05) is 11.4 Å². The first-order valence-electron chi connectivity index (χ1n) is 6.30. The second kappa shape index (κ2) is 6.17. The first kappa shape index (κ1) is 14.6. The molecule has 3 rings (SSSR count). The van der Waals surface area contributed by atoms with Gasteiger partial charge in [0, 0.05) is 0 Å². The molecule has 8 heteroatoms. The summed E-state index contributed by atoms with van der Waals surface area (Å²) < 4.78 is 5.83. The number of carbonyl (C=O) groups is 1. The molecule has 0 radical (unpaired) electrons. The van der Waals surface area contributed by atoms with E-state index in [2.05, 4.69) is 15.0 Å². The van der Waals surface area contributed by atoms with E-state index < -0.39 is 11.7 Å². The number of hydrogen-bond acceptors (Lipinski definition) is 5. The van der Waals surface area contributed by atoms with Crippen LogP contribution in [0.5, 0.6) is 0 Å². The van der Waals surface area contributed by atoms with Gasteiger partial charge in [-0.3, -0.25) is 9.32 Å². The number of carbonyl (C=O) groups excluding carboxylic acids is 1. The molecule has 0 saturated carbocycles. The third-order valence-corrected chi connectivity index (χ3v) is 4.07. The Kier molecular flexibility index (Phi) is 4.08. The summed E-state index contributed by atoms with van der Waals surface area (Å²) in [7, 11) is 0. The van der Waals surface area contributed by atoms with E-state index in [4.69, 9.17) is 11.6 Å². The number of aromatic nitrogens is 2. The van der Waals surface area contributed by atoms with E-state index in [0.29, 0.717) is 16.5 Å². The van der Waals surface area contributed by atoms with Gasteiger partial charge in [-0.25, -0.2) is 9.36 Å². The minimum atomic E-state index is -0.683. The van der Waals surface area contributed by atoms with Crippen molar-refractivity contribution in [3.63, 3.8) is 0 Å². The fraction of sp³-hybridized carbons (Fsp3) is 0.0714. The monoisotopic (exact) mass is 335 g/mol. The molecule has 3 aromatic rings. The van der Waals surface area contributed by atoms with Gasteiger partial charge in [0.05, 0.1) is 15.6 Å². The Morgan fingerprint density at radius 2 is 2.14 bits per heavy atom. The van der Waals surface area contributed by atoms with Gasteiger partial charge < -0.3 is 5.32 Å². The van der Waals surface area contributed by atoms with Crippen LogP contribution in [0.4, 0.5) is 5.69 Å². The second-order valence-electron chi connectivity index (χ2n) is 4.36. The number of nitrogens with zero attached hydrogens (tertiary/aromatic N) is 2. The molecule has 0 bridgehead atoms. The van der Waals surface area contributed by atoms with Crippen molar-refractivity contribution in [1.82, 2.24) is 9.72 Å². The summed E-state index contributed by atoms with van der Waals surface area (Å²) in [6.07, 6.45) is 0. The zero-order chi connectivity index (χ0) is 15.5. The van der Waals surface area contributed by atoms with Gasteiger partial charge in [-0.2, -0.15) is 0 Å². The Hall–Kier alpha value is -2.38. The molecule has 0 aliphatic rings. The van der Waals surface area contributed by atoms with E-state index in [9.17, 15) is 9.59 Å². The number of benzene rings is 1. The lowest BCUT2D eigenvalue weighted by Gasteiger charge is -2.07. The van der Waals surface area contributed by atoms with Crippen LogP contribution in [-0.2, 0) is 11.3 Å². The first-order valence-corrected chi connectivity index (χ1v) is 7.55. The van der Waals surface area contributed by atoms with Crippen molar-refractivity contribution in [3.05, 3.63) is 57.4 Å². The number of thiophene rings is 1. The molecular weight excluding hydrogens is 326 g/mol. The quantitative estimate of drug-likeness (QED) is 0.795. The molecule has 0 fully saturated rings. The summed E-state index contributed by atoms with van der Waals surface area (Å²) in [6.45, 7) is -0.208. The molecule has 1 aromatic carbocycles. The van der Waals surface area contributed by atoms with Gasteiger partial charge in [0.1, 0.15) is 6.54 Å². The highest BCUT2D eigenvalue weighted by atomic mass is 35.5. The number of anilines is 1. The van der Waals surface area contributed by atoms with E-state index >= 15 is 0 Å². The van der Waals surface area contributed by atoms with Gasteiger partial charge >= 0.3 is 5.76 Å². The number of hydrogen-bond donors (Lipinski definition) is 1. The number of nitrogens with one attached hydrogen (secondary N) is 1. The van der Waals surface area contributed by atoms with Crippen molar-refractivity contribution < 1.29 is 9.32 Å². The van der Waals surface area contributed by atoms with Crippen LogP contribution in [0, 0.1) is 0 Å². The molecule has 6 nitrogen and oxygen atoms in total. The summed E-state index contributed by atoms with van der Waals surface area (Å²) in [6, 6.07) is 10.5. The van der Waals surface area contributed by atoms with Gasteiger partial charge in [0.25, 0.3) is 0 Å². The normalized spacial score (nSPS) is 10.6. The molecular formula is C14H10ClN3O3S. The molecule has 0 saturated heterocycles. The number of rotatable bonds is 4. The highest BCUT2D eigenvalue weighted by molar-refractivity contribution is 7.13. The van der Waals surface area contributed by atoms with Crippen molar-refractivity contribution in [3.8, 4) is 10.7 Å². The molecule has 0 aliphatic heterocycles. The number of halogens is 1. The third-order valence-electron chi connectivity index (χ3n) is 2.88. The predicted molar refractivity (Wildman–Crippen MR) is 84.2 cm³/mol. The lowest BCUT2D eigenvalue weighted by Crippen LogP contribution is -2.25. The average Bonchev–Trinajstić information content (AvgIpc) is 3.12. The second-order valence-corrected chi connectivity index (χ2v) is 5.72. The van der Waals surface area contributed by atoms with Crippen molar-refractivity contribution >= 4 is 34.5 Å². The fourth-order valence-electron chi connectivity index (χ4n) is 1.89. The van der Waals surface area contributed by atoms with Crippen LogP contribution < -0.4 is 11.1 Å². The highest BCUT2D eigenvalue weighted by Crippen LogP contribution is 2.22. The topological polar surface area (TPSA) is 77.1 Å². The largest absolute Gasteiger partial charge is 0.442 e. The summed E-state index contributed by atoms with van der Waals surface area (Å²) >= 11 is 7.38. The van der Waals surface area contributed by atoms with Crippen molar-refractivity contribution in [2.75, 3.05) is 5.32 Å². The average molecular weight is 336 g/mol. The predicted octanol–water partition coefficient (Wildman–Crippen LogP) is 2.86. The fourth-order valence-corrected chi connectivity index (χ4v) is 2.78. The first-order chi connectivity index (χ1) is 10.6. The maximum Gasteiger partial charge on any atom is 0.442 e. The van der Waals surface area contributed by atoms with Crippen LogP contribution in [0.15, 0.2) is 51.1 Å². The Morgan fingerprint density at radius 1 is 1.32 bits per heavy atom. The maximum absolute atomic E-state index is 12.1. The van der Waals surface area contributed by atoms with Crippen molar-refractivity contribution in [2.24, 2.45) is 0 Å². The summed E-state index contributed by atoms with van der Waals surface area (Å²) in [5.74, 6) is -0.747. The van der Waals surface area contributed by atoms with E-state index in [1.54, 1.807) is 30.3 Å². The number of amides is 1. The smallest absolute Gasteiger partial charge is 0.323 e. The minimum absolute atomic E-state index is 0.208. The van der Waals surface area contributed by atoms with Gasteiger partial charge in [-0.1, -0.05) is 35.0 Å². The van der Waals surface area contributed by atoms with Crippen LogP contribution in [0.3, 0.4) is 0 Å². The lowest BCUT2D eigenvalue weighted by atomic mass is 10.3. The Balaban J connectivity index is 1.82. The molecule has 0 spiro atoms. The number of para-hydroxylation sites is 1. The Morgan fingerprint density at radius 3 is 2.86 bits per heavy atom. The molecule has 1 N–H and O–H groups in total. The third kappa shape index (κ3) is 2.95. The van der Waals surface area contributed by atoms with E-state index in [0.717, 1.165) is 4.88 Å². The van der Waals surface area contributed by atoms with Gasteiger partial charge in [0.2, 0.25) is 5.91 Å². The molecule has 112 valence electrons. The summed E-state index contributed by atoms with van der Waals surface area (Å²) in [4.78, 5) is 24.6. The SMILES string of the molecule is O=C(Cn1c(-c2cccs2)noc1=O)Nc1ccccc1Cl. The van der Waals surface area contributed by atoms with Crippen LogP contribution in [0.25, 0.3) is 10.7 Å². The standard InChI is InChI=1S/C14H10ClN3O3S/c15-9-4-1-2-5-10(9)16-12(19)8-18-13(17-21-14(18)20)11-6-3-7-22-11/h1-7H,8H2,(H,16,19). The molecule has 1 amide bonds. The molecule has 2 heterocycles. The van der Waals surface area contributed by atoms with Crippen molar-refractivity contribution in [2.45, 2.75) is 6.54 Å². The maximum atomic E-state index is 12.1. The molecule has 2 aromatic heterocycles. The van der Waals surface area contributed by atoms with Gasteiger partial charge in [0.15, 0.2) is 5.82 Å². The summed E-state index contributed by atoms with van der Waals surface area (Å²) in [5.41, 5.74) is 0.483. The minimum Gasteiger partial charge on any atom is -0.323 e. The van der Waals surface area contributed by atoms with Crippen LogP contribution in [-0.4, -0.2) is 15.6 Å². The van der Waals surface area contributed by atoms with E-state index in [1.165, 1.54) is 15.9 Å². The van der Waals surface area contributed by atoms with Gasteiger partial charge in [-0.15, -0.1) is 11.3 Å². The molecule has 0 aliphatic carbocycles. The zero-order valence-corrected chi connectivity index (χ0v) is 12.7. The Bertz CT molecular complexity index is 854. The summed E-state index contributed by atoms with van der Waals surface area (Å²) in [5, 5.41) is 8.64. The molecule has 0 unspecified atom stereocenters. The Labute approximate surface area is 133 Å². The van der Waals surface area contributed by atoms with E-state index in [-0.39, 0.29) is 6.54 Å². The molecule has 0 atom stereocenters. The zero-order valence-electron chi connectivity index (χ0n) is 11.2.